The Bertz CT molecular complexity index is 1830. The fraction of sp³-hybridized carbons (Fsp3) is 0.265. The zero-order chi connectivity index (χ0) is 32.8. The van der Waals surface area contributed by atoms with E-state index in [1.807, 2.05) is 42.5 Å². The summed E-state index contributed by atoms with van der Waals surface area (Å²) in [4.78, 5) is 37.3. The Morgan fingerprint density at radius 3 is 2.64 bits per heavy atom. The molecule has 0 bridgehead atoms. The topological polar surface area (TPSA) is 140 Å². The first-order valence-electron chi connectivity index (χ1n) is 15.2. The number of thiocarbonyl (C=S) groups is 1. The molecule has 6 rings (SSSR count). The summed E-state index contributed by atoms with van der Waals surface area (Å²) >= 11 is 6.82. The Labute approximate surface area is 281 Å². The second kappa shape index (κ2) is 14.9. The van der Waals surface area contributed by atoms with Crippen LogP contribution in [0.25, 0.3) is 28.1 Å². The number of hydrogen-bond acceptors (Lipinski definition) is 11. The molecule has 0 saturated carbocycles. The van der Waals surface area contributed by atoms with E-state index < -0.39 is 5.97 Å². The fourth-order valence-electron chi connectivity index (χ4n) is 5.25. The summed E-state index contributed by atoms with van der Waals surface area (Å²) in [5.74, 6) is 0.339. The molecule has 0 atom stereocenters. The minimum Gasteiger partial charge on any atom is -0.494 e. The number of carbonyl (C=O) groups excluding carboxylic acids is 1. The largest absolute Gasteiger partial charge is 0.494 e. The number of carbonyl (C=O) groups is 2. The number of amides is 1. The second-order valence-electron chi connectivity index (χ2n) is 10.9. The molecule has 0 aliphatic carbocycles. The molecule has 0 unspecified atom stereocenters. The van der Waals surface area contributed by atoms with E-state index >= 15 is 0 Å². The number of hydrogen-bond donors (Lipinski definition) is 2. The molecule has 3 aromatic carbocycles. The van der Waals surface area contributed by atoms with Crippen LogP contribution in [-0.2, 0) is 9.53 Å². The van der Waals surface area contributed by atoms with E-state index in [0.29, 0.717) is 41.2 Å². The van der Waals surface area contributed by atoms with Gasteiger partial charge < -0.3 is 25.1 Å². The highest BCUT2D eigenvalue weighted by Crippen LogP contribution is 2.36. The Morgan fingerprint density at radius 1 is 1.04 bits per heavy atom. The number of nitrogen functional groups attached to an aromatic ring is 1. The standard InChI is InChI=1S/C34H33N5O6S2/c35-33-36-21-25-4-3-24(20-28(25)37-33)27-18-22(2-9-29(27)45-17-13-38-11-15-43-16-12-38)19-30-31(40)39(34(46)47-30)10-1-14-44-26-7-5-23(6-8-26)32(41)42/h2-9,18-21H,1,10-17H2,(H,41,42)(H2,35,36,37)/b30-19-. The molecule has 4 aromatic rings. The molecular weight excluding hydrogens is 639 g/mol. The molecule has 3 N–H and O–H groups in total. The molecule has 2 fully saturated rings. The summed E-state index contributed by atoms with van der Waals surface area (Å²) in [6.07, 6.45) is 4.10. The number of nitrogens with two attached hydrogens (primary N) is 1. The summed E-state index contributed by atoms with van der Waals surface area (Å²) in [5.41, 5.74) is 9.38. The highest BCUT2D eigenvalue weighted by atomic mass is 32.2. The van der Waals surface area contributed by atoms with Crippen molar-refractivity contribution in [2.24, 2.45) is 0 Å². The van der Waals surface area contributed by atoms with Crippen LogP contribution in [0.3, 0.4) is 0 Å². The number of carboxylic acids is 1. The maximum absolute atomic E-state index is 13.4. The highest BCUT2D eigenvalue weighted by molar-refractivity contribution is 8.26. The lowest BCUT2D eigenvalue weighted by Crippen LogP contribution is -2.38. The molecule has 2 aliphatic rings. The number of anilines is 1. The van der Waals surface area contributed by atoms with Crippen LogP contribution in [-0.4, -0.2) is 93.7 Å². The van der Waals surface area contributed by atoms with Gasteiger partial charge in [-0.3, -0.25) is 14.6 Å². The first-order valence-corrected chi connectivity index (χ1v) is 16.4. The maximum Gasteiger partial charge on any atom is 0.335 e. The number of thioether (sulfide) groups is 1. The van der Waals surface area contributed by atoms with Crippen molar-refractivity contribution >= 4 is 63.1 Å². The van der Waals surface area contributed by atoms with Gasteiger partial charge in [-0.25, -0.2) is 14.8 Å². The SMILES string of the molecule is Nc1ncc2ccc(-c3cc(/C=C4\SC(=S)N(CCCOc5ccc(C(=O)O)cc5)C4=O)ccc3OCCN3CCOCC3)cc2n1. The van der Waals surface area contributed by atoms with Crippen LogP contribution in [0.5, 0.6) is 11.5 Å². The van der Waals surface area contributed by atoms with E-state index in [1.165, 1.54) is 23.9 Å². The van der Waals surface area contributed by atoms with Crippen molar-refractivity contribution in [2.75, 3.05) is 58.3 Å². The summed E-state index contributed by atoms with van der Waals surface area (Å²) in [6, 6.07) is 18.0. The van der Waals surface area contributed by atoms with E-state index in [4.69, 9.17) is 37.3 Å². The van der Waals surface area contributed by atoms with Gasteiger partial charge in [-0.2, -0.15) is 0 Å². The number of carboxylic acid groups (broad SMARTS) is 1. The Balaban J connectivity index is 1.16. The van der Waals surface area contributed by atoms with Gasteiger partial charge in [0.05, 0.1) is 35.8 Å². The van der Waals surface area contributed by atoms with Gasteiger partial charge in [-0.1, -0.05) is 42.2 Å². The molecule has 11 nitrogen and oxygen atoms in total. The molecule has 2 saturated heterocycles. The quantitative estimate of drug-likeness (QED) is 0.120. The third-order valence-corrected chi connectivity index (χ3v) is 9.13. The van der Waals surface area contributed by atoms with Crippen LogP contribution < -0.4 is 15.2 Å². The minimum absolute atomic E-state index is 0.156. The van der Waals surface area contributed by atoms with Crippen molar-refractivity contribution in [1.29, 1.82) is 0 Å². The van der Waals surface area contributed by atoms with E-state index in [1.54, 1.807) is 23.2 Å². The van der Waals surface area contributed by atoms with E-state index in [-0.39, 0.29) is 17.4 Å². The molecule has 13 heteroatoms. The number of aromatic carboxylic acids is 1. The van der Waals surface area contributed by atoms with Crippen LogP contribution in [0.15, 0.2) is 71.8 Å². The number of nitrogens with zero attached hydrogens (tertiary/aromatic N) is 4. The van der Waals surface area contributed by atoms with Gasteiger partial charge in [-0.05, 0) is 66.1 Å². The van der Waals surface area contributed by atoms with Crippen LogP contribution in [0.2, 0.25) is 0 Å². The summed E-state index contributed by atoms with van der Waals surface area (Å²) in [5, 5.41) is 9.93. The van der Waals surface area contributed by atoms with E-state index in [2.05, 4.69) is 14.9 Å². The van der Waals surface area contributed by atoms with Crippen molar-refractivity contribution < 1.29 is 28.9 Å². The summed E-state index contributed by atoms with van der Waals surface area (Å²) < 4.78 is 18.0. The normalized spacial score (nSPS) is 16.3. The average Bonchev–Trinajstić information content (AvgIpc) is 3.34. The maximum atomic E-state index is 13.4. The van der Waals surface area contributed by atoms with Gasteiger partial charge >= 0.3 is 5.97 Å². The number of fused-ring (bicyclic) bond motifs is 1. The van der Waals surface area contributed by atoms with Crippen molar-refractivity contribution in [3.05, 3.63) is 82.9 Å². The molecule has 3 heterocycles. The first-order chi connectivity index (χ1) is 22.8. The third-order valence-electron chi connectivity index (χ3n) is 7.75. The number of morpholine rings is 1. The van der Waals surface area contributed by atoms with Gasteiger partial charge in [0.25, 0.3) is 5.91 Å². The predicted molar refractivity (Wildman–Crippen MR) is 186 cm³/mol. The molecule has 47 heavy (non-hydrogen) atoms. The number of benzene rings is 3. The van der Waals surface area contributed by atoms with Gasteiger partial charge in [0.2, 0.25) is 5.95 Å². The molecule has 242 valence electrons. The molecule has 0 spiro atoms. The number of ether oxygens (including phenoxy) is 3. The van der Waals surface area contributed by atoms with Crippen molar-refractivity contribution in [2.45, 2.75) is 6.42 Å². The summed E-state index contributed by atoms with van der Waals surface area (Å²) in [7, 11) is 0. The monoisotopic (exact) mass is 671 g/mol. The molecule has 0 radical (unpaired) electrons. The molecule has 2 aliphatic heterocycles. The van der Waals surface area contributed by atoms with Crippen LogP contribution in [0.4, 0.5) is 5.95 Å². The fourth-order valence-corrected chi connectivity index (χ4v) is 6.56. The van der Waals surface area contributed by atoms with Crippen molar-refractivity contribution in [3.8, 4) is 22.6 Å². The first kappa shape index (κ1) is 32.4. The lowest BCUT2D eigenvalue weighted by molar-refractivity contribution is -0.122. The van der Waals surface area contributed by atoms with Gasteiger partial charge in [-0.15, -0.1) is 0 Å². The molecule has 1 aromatic heterocycles. The van der Waals surface area contributed by atoms with Crippen molar-refractivity contribution in [1.82, 2.24) is 19.8 Å². The Morgan fingerprint density at radius 2 is 1.85 bits per heavy atom. The third kappa shape index (κ3) is 8.06. The lowest BCUT2D eigenvalue weighted by atomic mass is 10.00. The highest BCUT2D eigenvalue weighted by Gasteiger charge is 2.31. The van der Waals surface area contributed by atoms with Gasteiger partial charge in [0, 0.05) is 43.3 Å². The van der Waals surface area contributed by atoms with E-state index in [0.717, 1.165) is 66.2 Å². The zero-order valence-corrected chi connectivity index (χ0v) is 27.1. The van der Waals surface area contributed by atoms with Gasteiger partial charge in [0.1, 0.15) is 22.4 Å². The van der Waals surface area contributed by atoms with Crippen LogP contribution in [0.1, 0.15) is 22.3 Å². The van der Waals surface area contributed by atoms with Crippen molar-refractivity contribution in [3.63, 3.8) is 0 Å². The molecular formula is C34H33N5O6S2. The second-order valence-corrected chi connectivity index (χ2v) is 12.6. The Kier molecular flexibility index (Phi) is 10.3. The van der Waals surface area contributed by atoms with E-state index in [9.17, 15) is 9.59 Å². The smallest absolute Gasteiger partial charge is 0.335 e. The minimum atomic E-state index is -0.992. The van der Waals surface area contributed by atoms with Gasteiger partial charge in [0.15, 0.2) is 0 Å². The number of rotatable bonds is 12. The van der Waals surface area contributed by atoms with Crippen LogP contribution in [0, 0.1) is 0 Å². The summed E-state index contributed by atoms with van der Waals surface area (Å²) in [6.45, 7) is 5.28. The Hall–Kier alpha value is -4.56. The predicted octanol–water partition coefficient (Wildman–Crippen LogP) is 4.96. The zero-order valence-electron chi connectivity index (χ0n) is 25.5. The van der Waals surface area contributed by atoms with Crippen LogP contribution >= 0.6 is 24.0 Å². The molecule has 1 amide bonds. The average molecular weight is 672 g/mol. The number of aromatic nitrogens is 2. The lowest BCUT2D eigenvalue weighted by Gasteiger charge is -2.26.